The van der Waals surface area contributed by atoms with E-state index < -0.39 is 10.2 Å². The van der Waals surface area contributed by atoms with Crippen LogP contribution in [0.25, 0.3) is 0 Å². The number of hydrogen-bond acceptors (Lipinski definition) is 2. The van der Waals surface area contributed by atoms with Gasteiger partial charge in [0.05, 0.1) is 0 Å². The summed E-state index contributed by atoms with van der Waals surface area (Å²) in [6.07, 6.45) is 0. The summed E-state index contributed by atoms with van der Waals surface area (Å²) in [6.45, 7) is 0.572. The number of benzene rings is 1. The van der Waals surface area contributed by atoms with Gasteiger partial charge in [0.15, 0.2) is 16.6 Å². The summed E-state index contributed by atoms with van der Waals surface area (Å²) in [4.78, 5) is 1.98. The normalized spacial score (nSPS) is 33.4. The topological polar surface area (TPSA) is 52.6 Å². The first-order valence-corrected chi connectivity index (χ1v) is 8.63. The molecular weight excluding hydrogens is 304 g/mol. The molecule has 1 aromatic carbocycles. The van der Waals surface area contributed by atoms with Crippen LogP contribution in [0.2, 0.25) is 5.02 Å². The molecular formula is C12H14ClN2O2S2+. The molecule has 1 unspecified atom stereocenters. The van der Waals surface area contributed by atoms with Crippen LogP contribution in [-0.4, -0.2) is 38.2 Å². The molecule has 0 bridgehead atoms. The average Bonchev–Trinajstić information content (AvgIpc) is 2.75. The number of rotatable bonds is 2. The quantitative estimate of drug-likeness (QED) is 0.643. The minimum Gasteiger partial charge on any atom is -0.353 e. The van der Waals surface area contributed by atoms with E-state index in [4.69, 9.17) is 23.8 Å². The Balaban J connectivity index is 1.83. The van der Waals surface area contributed by atoms with Gasteiger partial charge < -0.3 is 10.2 Å². The zero-order chi connectivity index (χ0) is 13.6. The van der Waals surface area contributed by atoms with E-state index in [0.717, 1.165) is 5.56 Å². The highest BCUT2D eigenvalue weighted by Gasteiger charge is 2.53. The van der Waals surface area contributed by atoms with Crippen LogP contribution in [0.15, 0.2) is 24.3 Å². The summed E-state index contributed by atoms with van der Waals surface area (Å²) >= 11 is 11.5. The molecule has 0 saturated carbocycles. The summed E-state index contributed by atoms with van der Waals surface area (Å²) in [5.74, 6) is 0.548. The third-order valence-electron chi connectivity index (χ3n) is 3.60. The molecule has 102 valence electrons. The predicted molar refractivity (Wildman–Crippen MR) is 80.7 cm³/mol. The summed E-state index contributed by atoms with van der Waals surface area (Å²) in [6, 6.07) is 7.56. The lowest BCUT2D eigenvalue weighted by Crippen LogP contribution is -2.36. The van der Waals surface area contributed by atoms with Crippen molar-refractivity contribution in [3.8, 4) is 0 Å². The van der Waals surface area contributed by atoms with Gasteiger partial charge in [0.1, 0.15) is 12.1 Å². The SMILES string of the molecule is O=[S+]1(O)C[C@@H]2NC(=S)N(Cc3ccccc3Cl)[C@@H]2C1. The van der Waals surface area contributed by atoms with E-state index in [1.54, 1.807) is 0 Å². The molecule has 2 N–H and O–H groups in total. The molecule has 2 aliphatic rings. The minimum atomic E-state index is -2.71. The Morgan fingerprint density at radius 3 is 2.95 bits per heavy atom. The van der Waals surface area contributed by atoms with Crippen molar-refractivity contribution in [2.75, 3.05) is 11.5 Å². The molecule has 19 heavy (non-hydrogen) atoms. The fourth-order valence-corrected chi connectivity index (χ4v) is 5.17. The number of fused-ring (bicyclic) bond motifs is 1. The van der Waals surface area contributed by atoms with E-state index in [9.17, 15) is 8.76 Å². The van der Waals surface area contributed by atoms with Gasteiger partial charge in [0.2, 0.25) is 10.2 Å². The Kier molecular flexibility index (Phi) is 3.29. The number of hydrogen-bond donors (Lipinski definition) is 2. The van der Waals surface area contributed by atoms with Crippen molar-refractivity contribution < 1.29 is 8.76 Å². The number of nitrogens with zero attached hydrogens (tertiary/aromatic N) is 1. The zero-order valence-electron chi connectivity index (χ0n) is 10.1. The van der Waals surface area contributed by atoms with Crippen LogP contribution in [0.4, 0.5) is 0 Å². The zero-order valence-corrected chi connectivity index (χ0v) is 12.5. The summed E-state index contributed by atoms with van der Waals surface area (Å²) in [5, 5.41) is 4.47. The van der Waals surface area contributed by atoms with E-state index >= 15 is 0 Å². The smallest absolute Gasteiger partial charge is 0.218 e. The Morgan fingerprint density at radius 1 is 1.47 bits per heavy atom. The molecule has 0 aromatic heterocycles. The second kappa shape index (κ2) is 4.70. The average molecular weight is 318 g/mol. The summed E-state index contributed by atoms with van der Waals surface area (Å²) < 4.78 is 21.5. The maximum absolute atomic E-state index is 11.8. The van der Waals surface area contributed by atoms with Crippen LogP contribution in [0.1, 0.15) is 5.56 Å². The standard InChI is InChI=1S/C12H13ClN2O2S2/c13-9-4-2-1-3-8(9)5-15-11-7-19(16,17)6-10(11)14-12(15)18/h1-4,10-11H,5-7H2,(H-,14,16,17,18)/p+1/t10-,11+/m0/s1. The van der Waals surface area contributed by atoms with Crippen LogP contribution in [0, 0.1) is 0 Å². The second-order valence-corrected chi connectivity index (χ2v) is 7.95. The second-order valence-electron chi connectivity index (χ2n) is 4.95. The molecule has 2 saturated heterocycles. The highest BCUT2D eigenvalue weighted by atomic mass is 35.5. The van der Waals surface area contributed by atoms with Crippen LogP contribution >= 0.6 is 23.8 Å². The highest BCUT2D eigenvalue weighted by Crippen LogP contribution is 2.29. The summed E-state index contributed by atoms with van der Waals surface area (Å²) in [5.41, 5.74) is 0.977. The molecule has 2 aliphatic heterocycles. The first kappa shape index (κ1) is 13.3. The van der Waals surface area contributed by atoms with Gasteiger partial charge >= 0.3 is 0 Å². The fraction of sp³-hybridized carbons (Fsp3) is 0.417. The summed E-state index contributed by atoms with van der Waals surface area (Å²) in [7, 11) is -2.71. The minimum absolute atomic E-state index is 0.0127. The van der Waals surface area contributed by atoms with E-state index in [-0.39, 0.29) is 23.6 Å². The van der Waals surface area contributed by atoms with Crippen molar-refractivity contribution in [3.63, 3.8) is 0 Å². The van der Waals surface area contributed by atoms with E-state index in [1.807, 2.05) is 29.2 Å². The lowest BCUT2D eigenvalue weighted by molar-refractivity contribution is 0.348. The Labute approximate surface area is 123 Å². The monoisotopic (exact) mass is 317 g/mol. The first-order chi connectivity index (χ1) is 8.96. The van der Waals surface area contributed by atoms with Crippen molar-refractivity contribution >= 4 is 39.1 Å². The lowest BCUT2D eigenvalue weighted by Gasteiger charge is -2.22. The van der Waals surface area contributed by atoms with E-state index in [2.05, 4.69) is 5.32 Å². The lowest BCUT2D eigenvalue weighted by atomic mass is 10.1. The van der Waals surface area contributed by atoms with Crippen molar-refractivity contribution in [3.05, 3.63) is 34.9 Å². The maximum Gasteiger partial charge on any atom is 0.218 e. The van der Waals surface area contributed by atoms with E-state index in [0.29, 0.717) is 16.7 Å². The van der Waals surface area contributed by atoms with Gasteiger partial charge in [-0.15, -0.1) is 0 Å². The third kappa shape index (κ3) is 2.50. The molecule has 3 atom stereocenters. The Morgan fingerprint density at radius 2 is 2.21 bits per heavy atom. The largest absolute Gasteiger partial charge is 0.353 e. The van der Waals surface area contributed by atoms with Crippen LogP contribution < -0.4 is 5.32 Å². The number of halogens is 1. The number of thiocarbonyl (C=S) groups is 1. The van der Waals surface area contributed by atoms with Crippen LogP contribution in [-0.2, 0) is 21.0 Å². The van der Waals surface area contributed by atoms with Crippen molar-refractivity contribution in [2.24, 2.45) is 0 Å². The first-order valence-electron chi connectivity index (χ1n) is 5.99. The van der Waals surface area contributed by atoms with Crippen LogP contribution in [0.5, 0.6) is 0 Å². The molecule has 1 aromatic rings. The molecule has 0 amide bonds. The van der Waals surface area contributed by atoms with Gasteiger partial charge in [-0.25, -0.2) is 0 Å². The van der Waals surface area contributed by atoms with Gasteiger partial charge in [-0.3, -0.25) is 0 Å². The van der Waals surface area contributed by atoms with Gasteiger partial charge in [-0.1, -0.05) is 34.0 Å². The molecule has 4 nitrogen and oxygen atoms in total. The molecule has 3 rings (SSSR count). The van der Waals surface area contributed by atoms with Gasteiger partial charge in [-0.2, -0.15) is 4.55 Å². The molecule has 2 fully saturated rings. The van der Waals surface area contributed by atoms with Crippen molar-refractivity contribution in [2.45, 2.75) is 18.6 Å². The fourth-order valence-electron chi connectivity index (χ4n) is 2.68. The molecule has 0 aliphatic carbocycles. The number of nitrogens with one attached hydrogen (secondary N) is 1. The maximum atomic E-state index is 11.8. The van der Waals surface area contributed by atoms with Gasteiger partial charge in [-0.05, 0) is 23.8 Å². The van der Waals surface area contributed by atoms with E-state index in [1.165, 1.54) is 0 Å². The highest BCUT2D eigenvalue weighted by molar-refractivity contribution is 7.98. The van der Waals surface area contributed by atoms with Gasteiger partial charge in [0, 0.05) is 11.6 Å². The van der Waals surface area contributed by atoms with Crippen molar-refractivity contribution in [1.82, 2.24) is 10.2 Å². The third-order valence-corrected chi connectivity index (χ3v) is 6.07. The molecule has 0 radical (unpaired) electrons. The molecule has 2 heterocycles. The molecule has 0 spiro atoms. The molecule has 7 heteroatoms. The van der Waals surface area contributed by atoms with Crippen molar-refractivity contribution in [1.29, 1.82) is 0 Å². The Hall–Kier alpha value is -0.690. The Bertz CT molecular complexity index is 581. The van der Waals surface area contributed by atoms with Gasteiger partial charge in [0.25, 0.3) is 0 Å². The predicted octanol–water partition coefficient (Wildman–Crippen LogP) is 1.75. The van der Waals surface area contributed by atoms with Crippen LogP contribution in [0.3, 0.4) is 0 Å².